The second kappa shape index (κ2) is 6.69. The summed E-state index contributed by atoms with van der Waals surface area (Å²) in [5.41, 5.74) is 0. The molecule has 0 amide bonds. The lowest BCUT2D eigenvalue weighted by Crippen LogP contribution is -2.43. The molecule has 1 unspecified atom stereocenters. The molecule has 1 N–H and O–H groups in total. The van der Waals surface area contributed by atoms with Gasteiger partial charge in [0.2, 0.25) is 0 Å². The smallest absolute Gasteiger partial charge is 0.0972 e. The average Bonchev–Trinajstić information content (AvgIpc) is 2.28. The lowest BCUT2D eigenvalue weighted by molar-refractivity contribution is 0.292. The van der Waals surface area contributed by atoms with Gasteiger partial charge in [0.25, 0.3) is 0 Å². The van der Waals surface area contributed by atoms with Crippen LogP contribution in [-0.4, -0.2) is 15.0 Å². The summed E-state index contributed by atoms with van der Waals surface area (Å²) in [5.74, 6) is 0.674. The van der Waals surface area contributed by atoms with E-state index in [-0.39, 0.29) is 4.75 Å². The minimum absolute atomic E-state index is 0.186. The van der Waals surface area contributed by atoms with Crippen LogP contribution in [0.1, 0.15) is 59.3 Å². The van der Waals surface area contributed by atoms with Crippen molar-refractivity contribution in [2.75, 3.05) is 0 Å². The maximum Gasteiger partial charge on any atom is 0.0972 e. The van der Waals surface area contributed by atoms with Gasteiger partial charge in [0.05, 0.1) is 15.7 Å². The van der Waals surface area contributed by atoms with Crippen LogP contribution in [0.25, 0.3) is 0 Å². The van der Waals surface area contributed by atoms with Gasteiger partial charge in [-0.25, -0.2) is 8.93 Å². The molecule has 1 saturated carbocycles. The molecule has 0 aromatic heterocycles. The first-order chi connectivity index (χ1) is 7.95. The van der Waals surface area contributed by atoms with E-state index < -0.39 is 11.0 Å². The Morgan fingerprint density at radius 1 is 1.35 bits per heavy atom. The van der Waals surface area contributed by atoms with Crippen LogP contribution in [0.3, 0.4) is 0 Å². The van der Waals surface area contributed by atoms with Crippen LogP contribution in [0, 0.1) is 5.92 Å². The Kier molecular flexibility index (Phi) is 5.87. The third-order valence-electron chi connectivity index (χ3n) is 3.45. The zero-order chi connectivity index (χ0) is 12.9. The number of nitrogens with one attached hydrogen (secondary N) is 1. The Hall–Kier alpha value is -0.150. The zero-order valence-corrected chi connectivity index (χ0v) is 12.3. The molecule has 1 rings (SSSR count). The molecule has 0 bridgehead atoms. The summed E-state index contributed by atoms with van der Waals surface area (Å²) in [6.07, 6.45) is 9.42. The minimum Gasteiger partial charge on any atom is -0.242 e. The predicted octanol–water partition coefficient (Wildman–Crippen LogP) is 3.56. The highest BCUT2D eigenvalue weighted by molar-refractivity contribution is 7.84. The highest BCUT2D eigenvalue weighted by Gasteiger charge is 2.27. The Balaban J connectivity index is 2.58. The summed E-state index contributed by atoms with van der Waals surface area (Å²) in [4.78, 5) is 0. The van der Waals surface area contributed by atoms with E-state index in [1.807, 2.05) is 26.8 Å². The van der Waals surface area contributed by atoms with Crippen molar-refractivity contribution in [3.05, 3.63) is 12.7 Å². The van der Waals surface area contributed by atoms with Gasteiger partial charge in [0.1, 0.15) is 0 Å². The fourth-order valence-corrected chi connectivity index (χ4v) is 3.28. The molecule has 0 aliphatic heterocycles. The number of rotatable bonds is 5. The predicted molar refractivity (Wildman–Crippen MR) is 76.2 cm³/mol. The average molecular weight is 257 g/mol. The van der Waals surface area contributed by atoms with Crippen molar-refractivity contribution in [2.24, 2.45) is 5.92 Å². The molecule has 0 aromatic carbocycles. The molecule has 0 spiro atoms. The molecule has 3 heteroatoms. The summed E-state index contributed by atoms with van der Waals surface area (Å²) in [6, 6.07) is 0.341. The summed E-state index contributed by atoms with van der Waals surface area (Å²) in [5, 5.41) is 0. The highest BCUT2D eigenvalue weighted by Crippen LogP contribution is 2.28. The molecule has 0 heterocycles. The monoisotopic (exact) mass is 257 g/mol. The van der Waals surface area contributed by atoms with E-state index in [1.54, 1.807) is 0 Å². The van der Waals surface area contributed by atoms with Gasteiger partial charge in [0.15, 0.2) is 0 Å². The van der Waals surface area contributed by atoms with E-state index in [1.165, 1.54) is 32.1 Å². The minimum atomic E-state index is -0.968. The first-order valence-corrected chi connectivity index (χ1v) is 7.89. The fraction of sp³-hybridized carbons (Fsp3) is 0.857. The van der Waals surface area contributed by atoms with Crippen molar-refractivity contribution in [2.45, 2.75) is 70.1 Å². The van der Waals surface area contributed by atoms with E-state index in [2.05, 4.69) is 11.3 Å². The Morgan fingerprint density at radius 3 is 2.41 bits per heavy atom. The van der Waals surface area contributed by atoms with Crippen LogP contribution in [0.15, 0.2) is 12.7 Å². The highest BCUT2D eigenvalue weighted by atomic mass is 32.2. The standard InChI is InChI=1S/C14H27NOS/c1-5-9-13(12-10-7-6-8-11-12)15-17(16)14(2,3)4/h5,12-13,15H,1,6-11H2,2-4H3/t13-,17?/m1/s1. The normalized spacial score (nSPS) is 22.1. The first-order valence-electron chi connectivity index (χ1n) is 6.74. The van der Waals surface area contributed by atoms with E-state index in [0.29, 0.717) is 12.0 Å². The molecule has 1 aliphatic rings. The van der Waals surface area contributed by atoms with E-state index in [0.717, 1.165) is 6.42 Å². The van der Waals surface area contributed by atoms with Crippen molar-refractivity contribution in [1.82, 2.24) is 4.72 Å². The van der Waals surface area contributed by atoms with Gasteiger partial charge in [0, 0.05) is 6.04 Å². The molecular formula is C14H27NOS. The SMILES string of the molecule is C=CC[C@@H](NS(=O)C(C)(C)C)C1CCCCC1. The van der Waals surface area contributed by atoms with Gasteiger partial charge in [-0.1, -0.05) is 25.3 Å². The van der Waals surface area contributed by atoms with Crippen molar-refractivity contribution < 1.29 is 4.21 Å². The maximum atomic E-state index is 12.2. The quantitative estimate of drug-likeness (QED) is 0.750. The Bertz CT molecular complexity index is 264. The third kappa shape index (κ3) is 4.92. The van der Waals surface area contributed by atoms with Gasteiger partial charge < -0.3 is 0 Å². The molecular weight excluding hydrogens is 230 g/mol. The number of hydrogen-bond acceptors (Lipinski definition) is 1. The van der Waals surface area contributed by atoms with Crippen molar-refractivity contribution in [3.8, 4) is 0 Å². The molecule has 100 valence electrons. The first kappa shape index (κ1) is 14.9. The molecule has 17 heavy (non-hydrogen) atoms. The summed E-state index contributed by atoms with van der Waals surface area (Å²) in [7, 11) is -0.968. The molecule has 1 aliphatic carbocycles. The number of hydrogen-bond donors (Lipinski definition) is 1. The van der Waals surface area contributed by atoms with Gasteiger partial charge in [-0.15, -0.1) is 6.58 Å². The van der Waals surface area contributed by atoms with Crippen LogP contribution in [0.2, 0.25) is 0 Å². The largest absolute Gasteiger partial charge is 0.242 e. The van der Waals surface area contributed by atoms with Crippen LogP contribution in [0.4, 0.5) is 0 Å². The van der Waals surface area contributed by atoms with E-state index in [9.17, 15) is 4.21 Å². The lowest BCUT2D eigenvalue weighted by atomic mass is 9.83. The van der Waals surface area contributed by atoms with Gasteiger partial charge >= 0.3 is 0 Å². The van der Waals surface area contributed by atoms with Gasteiger partial charge in [-0.3, -0.25) is 0 Å². The maximum absolute atomic E-state index is 12.2. The van der Waals surface area contributed by atoms with Crippen LogP contribution in [-0.2, 0) is 11.0 Å². The summed E-state index contributed by atoms with van der Waals surface area (Å²) >= 11 is 0. The zero-order valence-electron chi connectivity index (χ0n) is 11.5. The summed E-state index contributed by atoms with van der Waals surface area (Å²) in [6.45, 7) is 9.87. The fourth-order valence-electron chi connectivity index (χ4n) is 2.37. The second-order valence-electron chi connectivity index (χ2n) is 6.03. The van der Waals surface area contributed by atoms with Crippen LogP contribution < -0.4 is 4.72 Å². The topological polar surface area (TPSA) is 29.1 Å². The van der Waals surface area contributed by atoms with Crippen LogP contribution >= 0.6 is 0 Å². The second-order valence-corrected chi connectivity index (χ2v) is 8.03. The molecule has 2 nitrogen and oxygen atoms in total. The third-order valence-corrected chi connectivity index (χ3v) is 5.08. The van der Waals surface area contributed by atoms with Crippen molar-refractivity contribution in [1.29, 1.82) is 0 Å². The van der Waals surface area contributed by atoms with Crippen molar-refractivity contribution >= 4 is 11.0 Å². The van der Waals surface area contributed by atoms with Crippen molar-refractivity contribution in [3.63, 3.8) is 0 Å². The molecule has 0 radical (unpaired) electrons. The molecule has 2 atom stereocenters. The molecule has 0 aromatic rings. The Morgan fingerprint density at radius 2 is 1.94 bits per heavy atom. The van der Waals surface area contributed by atoms with Gasteiger partial charge in [-0.05, 0) is 46.0 Å². The summed E-state index contributed by atoms with van der Waals surface area (Å²) < 4.78 is 15.3. The Labute approximate surface area is 109 Å². The van der Waals surface area contributed by atoms with E-state index >= 15 is 0 Å². The van der Waals surface area contributed by atoms with Crippen LogP contribution in [0.5, 0.6) is 0 Å². The lowest BCUT2D eigenvalue weighted by Gasteiger charge is -2.32. The molecule has 1 fully saturated rings. The van der Waals surface area contributed by atoms with Gasteiger partial charge in [-0.2, -0.15) is 0 Å². The molecule has 0 saturated heterocycles. The van der Waals surface area contributed by atoms with E-state index in [4.69, 9.17) is 0 Å².